The predicted octanol–water partition coefficient (Wildman–Crippen LogP) is 7.11. The standard InChI is InChI=1S/C31H26ClF2N3O5/c1-31(30-35-23-11-8-19(34)13-27(23)41-30)15-24(36-42-31)22-14-21-17(12-26(22)38)16-37(20-9-6-18(33)7-10-20)25(29(21)32)4-2-3-5-28(39)40/h6-11,13-14,16,22H,2-5,12,15H2,1H3,(H,39,40). The lowest BCUT2D eigenvalue weighted by Crippen LogP contribution is -2.32. The van der Waals surface area contributed by atoms with Gasteiger partial charge >= 0.3 is 5.97 Å². The van der Waals surface area contributed by atoms with Crippen LogP contribution in [0.5, 0.6) is 0 Å². The maximum Gasteiger partial charge on any atom is 0.303 e. The van der Waals surface area contributed by atoms with Crippen molar-refractivity contribution in [3.63, 3.8) is 0 Å². The van der Waals surface area contributed by atoms with Crippen LogP contribution in [0.3, 0.4) is 0 Å². The Bertz CT molecular complexity index is 1730. The molecule has 3 aliphatic rings. The molecule has 2 atom stereocenters. The molecule has 0 radical (unpaired) electrons. The molecule has 2 aliphatic heterocycles. The van der Waals surface area contributed by atoms with Crippen LogP contribution in [0.2, 0.25) is 0 Å². The molecule has 11 heteroatoms. The molecular formula is C31H26ClF2N3O5. The first kappa shape index (κ1) is 27.8. The highest BCUT2D eigenvalue weighted by molar-refractivity contribution is 6.33. The van der Waals surface area contributed by atoms with Crippen LogP contribution in [0.15, 0.2) is 86.2 Å². The van der Waals surface area contributed by atoms with E-state index in [1.807, 2.05) is 11.1 Å². The normalized spacial score (nSPS) is 22.1. The number of hydrogen-bond acceptors (Lipinski definition) is 7. The predicted molar refractivity (Wildman–Crippen MR) is 152 cm³/mol. The minimum Gasteiger partial charge on any atom is -0.481 e. The maximum absolute atomic E-state index is 13.7. The summed E-state index contributed by atoms with van der Waals surface area (Å²) in [6.45, 7) is 1.75. The lowest BCUT2D eigenvalue weighted by atomic mass is 9.79. The number of oxime groups is 1. The van der Waals surface area contributed by atoms with E-state index >= 15 is 0 Å². The third kappa shape index (κ3) is 5.22. The average molecular weight is 594 g/mol. The van der Waals surface area contributed by atoms with Crippen LogP contribution in [-0.4, -0.2) is 27.6 Å². The first-order chi connectivity index (χ1) is 20.1. The summed E-state index contributed by atoms with van der Waals surface area (Å²) in [5.41, 5.74) is 2.99. The van der Waals surface area contributed by atoms with Gasteiger partial charge in [-0.25, -0.2) is 13.8 Å². The van der Waals surface area contributed by atoms with Crippen molar-refractivity contribution < 1.29 is 32.7 Å². The number of ketones is 1. The van der Waals surface area contributed by atoms with Crippen LogP contribution >= 0.6 is 11.6 Å². The third-order valence-electron chi connectivity index (χ3n) is 7.66. The summed E-state index contributed by atoms with van der Waals surface area (Å²) in [6, 6.07) is 10.0. The van der Waals surface area contributed by atoms with Crippen molar-refractivity contribution >= 4 is 45.9 Å². The van der Waals surface area contributed by atoms with Gasteiger partial charge in [0.15, 0.2) is 5.58 Å². The van der Waals surface area contributed by atoms with Crippen molar-refractivity contribution in [1.29, 1.82) is 0 Å². The maximum atomic E-state index is 13.7. The molecule has 1 aromatic heterocycles. The Morgan fingerprint density at radius 2 is 1.93 bits per heavy atom. The minimum atomic E-state index is -1.08. The van der Waals surface area contributed by atoms with Crippen molar-refractivity contribution in [1.82, 2.24) is 4.98 Å². The number of hydrogen-bond donors (Lipinski definition) is 1. The molecule has 0 fully saturated rings. The van der Waals surface area contributed by atoms with Crippen LogP contribution < -0.4 is 4.90 Å². The van der Waals surface area contributed by atoms with Crippen LogP contribution in [0.25, 0.3) is 11.1 Å². The number of carboxylic acids is 1. The van der Waals surface area contributed by atoms with Gasteiger partial charge in [0.05, 0.1) is 16.7 Å². The van der Waals surface area contributed by atoms with E-state index in [4.69, 9.17) is 26.0 Å². The number of carbonyl (C=O) groups excluding carboxylic acids is 1. The van der Waals surface area contributed by atoms with Gasteiger partial charge in [-0.2, -0.15) is 0 Å². The average Bonchev–Trinajstić information content (AvgIpc) is 3.56. The second kappa shape index (κ2) is 10.8. The number of allylic oxidation sites excluding steroid dienone is 5. The minimum absolute atomic E-state index is 0.0371. The summed E-state index contributed by atoms with van der Waals surface area (Å²) in [5, 5.41) is 13.7. The monoisotopic (exact) mass is 593 g/mol. The SMILES string of the molecule is CC1(c2nc3ccc(F)cc3o2)CC(C2C=C3C(=CN(c4ccc(F)cc4)C(CCCCC(=O)O)=C3Cl)CC2=O)=NO1. The highest BCUT2D eigenvalue weighted by atomic mass is 35.5. The molecule has 42 heavy (non-hydrogen) atoms. The first-order valence-electron chi connectivity index (χ1n) is 13.5. The van der Waals surface area contributed by atoms with Gasteiger partial charge in [0.2, 0.25) is 11.5 Å². The molecular weight excluding hydrogens is 568 g/mol. The van der Waals surface area contributed by atoms with Crippen LogP contribution in [0.1, 0.15) is 51.3 Å². The quantitative estimate of drug-likeness (QED) is 0.277. The highest BCUT2D eigenvalue weighted by Crippen LogP contribution is 2.44. The largest absolute Gasteiger partial charge is 0.481 e. The molecule has 2 aromatic carbocycles. The number of halogens is 3. The fraction of sp³-hybridized carbons (Fsp3) is 0.290. The molecule has 8 nitrogen and oxygen atoms in total. The fourth-order valence-electron chi connectivity index (χ4n) is 5.47. The van der Waals surface area contributed by atoms with E-state index in [1.165, 1.54) is 30.3 Å². The molecule has 2 unspecified atom stereocenters. The van der Waals surface area contributed by atoms with Gasteiger partial charge in [0, 0.05) is 42.9 Å². The van der Waals surface area contributed by atoms with Crippen molar-refractivity contribution in [2.24, 2.45) is 11.1 Å². The number of benzene rings is 2. The van der Waals surface area contributed by atoms with Crippen molar-refractivity contribution in [2.75, 3.05) is 4.90 Å². The Labute approximate surface area is 244 Å². The molecule has 3 heterocycles. The Morgan fingerprint density at radius 3 is 2.69 bits per heavy atom. The number of rotatable bonds is 8. The second-order valence-corrected chi connectivity index (χ2v) is 11.2. The Kier molecular flexibility index (Phi) is 7.18. The molecule has 3 aromatic rings. The number of nitrogens with zero attached hydrogens (tertiary/aromatic N) is 3. The zero-order valence-electron chi connectivity index (χ0n) is 22.6. The number of oxazole rings is 1. The highest BCUT2D eigenvalue weighted by Gasteiger charge is 2.45. The number of aliphatic carboxylic acids is 1. The molecule has 0 bridgehead atoms. The summed E-state index contributed by atoms with van der Waals surface area (Å²) in [7, 11) is 0. The number of anilines is 1. The lowest BCUT2D eigenvalue weighted by Gasteiger charge is -2.34. The van der Waals surface area contributed by atoms with E-state index in [1.54, 1.807) is 25.1 Å². The van der Waals surface area contributed by atoms with Gasteiger partial charge in [-0.3, -0.25) is 9.59 Å². The number of aromatic nitrogens is 1. The molecule has 0 saturated heterocycles. The molecule has 216 valence electrons. The van der Waals surface area contributed by atoms with Gasteiger partial charge in [-0.1, -0.05) is 22.8 Å². The van der Waals surface area contributed by atoms with E-state index in [-0.39, 0.29) is 42.3 Å². The van der Waals surface area contributed by atoms with Crippen LogP contribution in [0, 0.1) is 17.6 Å². The van der Waals surface area contributed by atoms with Crippen molar-refractivity contribution in [2.45, 2.75) is 51.0 Å². The summed E-state index contributed by atoms with van der Waals surface area (Å²) in [5.74, 6) is -2.25. The molecule has 0 saturated carbocycles. The van der Waals surface area contributed by atoms with E-state index in [9.17, 15) is 18.4 Å². The second-order valence-electron chi connectivity index (χ2n) is 10.8. The third-order valence-corrected chi connectivity index (χ3v) is 8.08. The lowest BCUT2D eigenvalue weighted by molar-refractivity contribution is -0.137. The van der Waals surface area contributed by atoms with Gasteiger partial charge < -0.3 is 19.3 Å². The van der Waals surface area contributed by atoms with E-state index in [0.29, 0.717) is 52.4 Å². The molecule has 6 rings (SSSR count). The summed E-state index contributed by atoms with van der Waals surface area (Å²) in [4.78, 5) is 36.5. The first-order valence-corrected chi connectivity index (χ1v) is 13.9. The molecule has 0 spiro atoms. The smallest absolute Gasteiger partial charge is 0.303 e. The molecule has 1 N–H and O–H groups in total. The van der Waals surface area contributed by atoms with Crippen LogP contribution in [0.4, 0.5) is 14.5 Å². The molecule has 1 aliphatic carbocycles. The Morgan fingerprint density at radius 1 is 1.17 bits per heavy atom. The van der Waals surface area contributed by atoms with E-state index in [2.05, 4.69) is 10.1 Å². The number of Topliss-reactive ketones (excluding diaryl/α,β-unsaturated/α-hetero) is 1. The van der Waals surface area contributed by atoms with E-state index in [0.717, 1.165) is 5.70 Å². The summed E-state index contributed by atoms with van der Waals surface area (Å²) < 4.78 is 33.1. The van der Waals surface area contributed by atoms with E-state index < -0.39 is 23.3 Å². The van der Waals surface area contributed by atoms with Gasteiger partial charge in [0.1, 0.15) is 22.9 Å². The topological polar surface area (TPSA) is 105 Å². The van der Waals surface area contributed by atoms with Crippen molar-refractivity contribution in [3.05, 3.63) is 94.1 Å². The Hall–Kier alpha value is -4.31. The summed E-state index contributed by atoms with van der Waals surface area (Å²) >= 11 is 7.00. The zero-order valence-corrected chi connectivity index (χ0v) is 23.3. The number of carboxylic acid groups (broad SMARTS) is 1. The Balaban J connectivity index is 1.29. The van der Waals surface area contributed by atoms with Gasteiger partial charge in [-0.15, -0.1) is 0 Å². The van der Waals surface area contributed by atoms with Crippen LogP contribution in [-0.2, 0) is 20.0 Å². The summed E-state index contributed by atoms with van der Waals surface area (Å²) in [6.07, 6.45) is 5.49. The number of fused-ring (bicyclic) bond motifs is 2. The number of carbonyl (C=O) groups is 2. The number of unbranched alkanes of at least 4 members (excludes halogenated alkanes) is 1. The van der Waals surface area contributed by atoms with Gasteiger partial charge in [-0.05, 0) is 73.7 Å². The zero-order chi connectivity index (χ0) is 29.6. The van der Waals surface area contributed by atoms with Gasteiger partial charge in [0.25, 0.3) is 0 Å². The van der Waals surface area contributed by atoms with Crippen molar-refractivity contribution in [3.8, 4) is 0 Å². The molecule has 0 amide bonds. The fourth-order valence-corrected chi connectivity index (χ4v) is 5.84.